The van der Waals surface area contributed by atoms with Crippen LogP contribution in [0.1, 0.15) is 0 Å². The first-order valence-corrected chi connectivity index (χ1v) is 22.0. The molecule has 372 valence electrons. The maximum Gasteiger partial charge on any atom is 0.269 e. The predicted molar refractivity (Wildman–Crippen MR) is 219 cm³/mol. The normalized spacial score (nSPS) is 11.2. The van der Waals surface area contributed by atoms with Gasteiger partial charge in [-0.1, -0.05) is 0 Å². The van der Waals surface area contributed by atoms with Gasteiger partial charge in [-0.25, -0.2) is 79.5 Å². The van der Waals surface area contributed by atoms with Crippen molar-refractivity contribution in [1.82, 2.24) is 19.9 Å². The summed E-state index contributed by atoms with van der Waals surface area (Å²) < 4.78 is 225. The molecule has 0 atom stereocenters. The SMILES string of the molecule is COCCOc1ccc(Nc2ncc(F)c(N)n2)cc1.COCCOc1ccc(Nc2ncc(F)c(NS(=O)(=O)c3c(F)c(F)c(F)c(F)c3F)n2)cc1.O=S(=O)(Cl)c1c(F)c(F)c(F)c(F)c1F. The average Bonchev–Trinajstić information content (AvgIpc) is 3.30. The minimum absolute atomic E-state index is 0.193. The largest absolute Gasteiger partial charge is 0.491 e. The summed E-state index contributed by atoms with van der Waals surface area (Å²) in [5.41, 5.74) is 6.47. The molecule has 6 rings (SSSR count). The first kappa shape index (κ1) is 54.7. The molecule has 0 fully saturated rings. The Hall–Kier alpha value is -6.89. The van der Waals surface area contributed by atoms with Crippen LogP contribution in [-0.4, -0.2) is 77.4 Å². The molecule has 31 heteroatoms. The van der Waals surface area contributed by atoms with E-state index in [1.54, 1.807) is 43.5 Å². The molecule has 0 saturated carbocycles. The van der Waals surface area contributed by atoms with E-state index in [4.69, 9.17) is 24.7 Å². The van der Waals surface area contributed by atoms with Crippen LogP contribution in [0.5, 0.6) is 11.5 Å². The van der Waals surface area contributed by atoms with E-state index < -0.39 is 104 Å². The topological polar surface area (TPSA) is 219 Å². The Kier molecular flexibility index (Phi) is 19.0. The van der Waals surface area contributed by atoms with Gasteiger partial charge in [0, 0.05) is 36.3 Å². The van der Waals surface area contributed by atoms with Crippen molar-refractivity contribution in [2.45, 2.75) is 9.79 Å². The van der Waals surface area contributed by atoms with Crippen LogP contribution in [0.15, 0.2) is 70.7 Å². The molecule has 2 heterocycles. The zero-order valence-electron chi connectivity index (χ0n) is 34.5. The smallest absolute Gasteiger partial charge is 0.269 e. The molecule has 0 unspecified atom stereocenters. The van der Waals surface area contributed by atoms with E-state index in [0.717, 1.165) is 17.6 Å². The lowest BCUT2D eigenvalue weighted by molar-refractivity contribution is 0.146. The first-order chi connectivity index (χ1) is 32.4. The van der Waals surface area contributed by atoms with Gasteiger partial charge in [0.25, 0.3) is 19.1 Å². The number of aromatic nitrogens is 4. The van der Waals surface area contributed by atoms with Gasteiger partial charge in [-0.15, -0.1) is 0 Å². The lowest BCUT2D eigenvalue weighted by Crippen LogP contribution is -2.21. The highest BCUT2D eigenvalue weighted by Crippen LogP contribution is 2.31. The molecular weight excluding hydrogens is 1020 g/mol. The number of halogens is 13. The van der Waals surface area contributed by atoms with Crippen LogP contribution in [0, 0.1) is 69.8 Å². The van der Waals surface area contributed by atoms with Gasteiger partial charge in [-0.05, 0) is 48.5 Å². The second-order valence-corrected chi connectivity index (χ2v) is 16.8. The van der Waals surface area contributed by atoms with Crippen LogP contribution < -0.4 is 30.6 Å². The number of methoxy groups -OCH3 is 2. The quantitative estimate of drug-likeness (QED) is 0.0236. The van der Waals surface area contributed by atoms with Gasteiger partial charge in [0.1, 0.15) is 24.7 Å². The number of ether oxygens (including phenoxy) is 4. The molecule has 6 aromatic rings. The fourth-order valence-corrected chi connectivity index (χ4v) is 6.91. The Morgan fingerprint density at radius 3 is 1.26 bits per heavy atom. The second-order valence-electron chi connectivity index (χ2n) is 12.6. The number of sulfonamides is 1. The molecule has 5 N–H and O–H groups in total. The van der Waals surface area contributed by atoms with E-state index in [0.29, 0.717) is 44.1 Å². The van der Waals surface area contributed by atoms with Crippen molar-refractivity contribution in [2.75, 3.05) is 61.7 Å². The summed E-state index contributed by atoms with van der Waals surface area (Å²) in [5, 5.41) is 5.54. The first-order valence-electron chi connectivity index (χ1n) is 18.2. The lowest BCUT2D eigenvalue weighted by Gasteiger charge is -2.12. The highest BCUT2D eigenvalue weighted by Gasteiger charge is 2.35. The molecule has 4 aromatic carbocycles. The fourth-order valence-electron chi connectivity index (χ4n) is 4.75. The Bertz CT molecular complexity index is 2950. The molecule has 0 aliphatic carbocycles. The molecule has 2 aromatic heterocycles. The third-order valence-electron chi connectivity index (χ3n) is 7.93. The van der Waals surface area contributed by atoms with Crippen molar-refractivity contribution in [2.24, 2.45) is 0 Å². The number of nitrogens with zero attached hydrogens (tertiary/aromatic N) is 4. The average molecular weight is 1050 g/mol. The van der Waals surface area contributed by atoms with E-state index in [1.165, 1.54) is 24.0 Å². The van der Waals surface area contributed by atoms with E-state index in [1.807, 2.05) is 0 Å². The van der Waals surface area contributed by atoms with Crippen molar-refractivity contribution < 1.29 is 88.5 Å². The van der Waals surface area contributed by atoms with Crippen LogP contribution in [0.4, 0.5) is 87.6 Å². The molecule has 69 heavy (non-hydrogen) atoms. The Morgan fingerprint density at radius 2 is 0.884 bits per heavy atom. The van der Waals surface area contributed by atoms with Gasteiger partial charge in [-0.2, -0.15) is 9.97 Å². The lowest BCUT2D eigenvalue weighted by atomic mass is 10.3. The maximum atomic E-state index is 14.1. The number of hydrogen-bond acceptors (Lipinski definition) is 15. The van der Waals surface area contributed by atoms with Crippen LogP contribution >= 0.6 is 10.7 Å². The Balaban J connectivity index is 0.000000250. The molecule has 0 aliphatic rings. The summed E-state index contributed by atoms with van der Waals surface area (Å²) >= 11 is 0. The number of rotatable bonds is 16. The summed E-state index contributed by atoms with van der Waals surface area (Å²) in [4.78, 5) is 10.5. The minimum Gasteiger partial charge on any atom is -0.491 e. The number of hydrogen-bond donors (Lipinski definition) is 4. The van der Waals surface area contributed by atoms with E-state index >= 15 is 0 Å². The highest BCUT2D eigenvalue weighted by molar-refractivity contribution is 8.13. The summed E-state index contributed by atoms with van der Waals surface area (Å²) in [5.74, 6) is -27.2. The highest BCUT2D eigenvalue weighted by atomic mass is 35.7. The zero-order valence-corrected chi connectivity index (χ0v) is 36.9. The van der Waals surface area contributed by atoms with Gasteiger partial charge in [-0.3, -0.25) is 4.72 Å². The molecule has 0 aliphatic heterocycles. The van der Waals surface area contributed by atoms with Crippen molar-refractivity contribution in [1.29, 1.82) is 0 Å². The van der Waals surface area contributed by atoms with Crippen LogP contribution in [0.25, 0.3) is 0 Å². The Morgan fingerprint density at radius 1 is 0.522 bits per heavy atom. The second kappa shape index (κ2) is 23.9. The molecule has 0 amide bonds. The standard InChI is InChI=1S/C19H14F6N4O4S.C13H15FN4O2.C6ClF5O2S/c1-32-6-7-33-10-4-2-9(3-5-10)27-19-26-8-11(20)18(28-19)29-34(30,31)17-15(24)13(22)12(21)14(23)16(17)25;1-19-6-7-20-10-4-2-9(3-5-10)17-13-16-8-11(14)12(15)18-13;7-15(13,14)6-4(11)2(9)1(8)3(10)5(6)12/h2-5,8H,6-7H2,1H3,(H2,26,27,28,29);2-5,8H,6-7H2,1H3,(H3,15,16,17,18);. The van der Waals surface area contributed by atoms with Gasteiger partial charge >= 0.3 is 0 Å². The van der Waals surface area contributed by atoms with Crippen molar-refractivity contribution in [3.63, 3.8) is 0 Å². The van der Waals surface area contributed by atoms with Crippen molar-refractivity contribution >= 4 is 64.7 Å². The Labute approximate surface area is 385 Å². The summed E-state index contributed by atoms with van der Waals surface area (Å²) in [6.45, 7) is 1.69. The van der Waals surface area contributed by atoms with E-state index in [9.17, 15) is 69.5 Å². The summed E-state index contributed by atoms with van der Waals surface area (Å²) in [7, 11) is -2.92. The van der Waals surface area contributed by atoms with Crippen LogP contribution in [0.2, 0.25) is 0 Å². The van der Waals surface area contributed by atoms with Crippen molar-refractivity contribution in [3.05, 3.63) is 131 Å². The van der Waals surface area contributed by atoms with Gasteiger partial charge < -0.3 is 35.3 Å². The van der Waals surface area contributed by atoms with Gasteiger partial charge in [0.05, 0.1) is 25.6 Å². The number of nitrogens with two attached hydrogens (primary N) is 1. The van der Waals surface area contributed by atoms with Crippen LogP contribution in [0.3, 0.4) is 0 Å². The predicted octanol–water partition coefficient (Wildman–Crippen LogP) is 8.16. The molecule has 0 saturated heterocycles. The third-order valence-corrected chi connectivity index (χ3v) is 10.6. The van der Waals surface area contributed by atoms with E-state index in [2.05, 4.69) is 41.3 Å². The fraction of sp³-hybridized carbons (Fsp3) is 0.158. The summed E-state index contributed by atoms with van der Waals surface area (Å²) in [6, 6.07) is 13.4. The third kappa shape index (κ3) is 14.3. The minimum atomic E-state index is -5.50. The molecular formula is C38H29ClF12N8O8S2. The maximum absolute atomic E-state index is 14.1. The van der Waals surface area contributed by atoms with Gasteiger partial charge in [0.2, 0.25) is 23.5 Å². The monoisotopic (exact) mass is 1050 g/mol. The molecule has 16 nitrogen and oxygen atoms in total. The van der Waals surface area contributed by atoms with Crippen LogP contribution in [-0.2, 0) is 28.5 Å². The molecule has 0 spiro atoms. The number of anilines is 6. The summed E-state index contributed by atoms with van der Waals surface area (Å²) in [6.07, 6.45) is 1.54. The zero-order chi connectivity index (χ0) is 51.4. The van der Waals surface area contributed by atoms with Crippen molar-refractivity contribution in [3.8, 4) is 11.5 Å². The number of benzene rings is 4. The number of nitrogen functional groups attached to an aromatic ring is 1. The molecule has 0 bridgehead atoms. The number of nitrogens with one attached hydrogen (secondary N) is 3. The van der Waals surface area contributed by atoms with E-state index in [-0.39, 0.29) is 17.7 Å². The van der Waals surface area contributed by atoms with Gasteiger partial charge in [0.15, 0.2) is 79.6 Å². The molecule has 0 radical (unpaired) electrons.